The van der Waals surface area contributed by atoms with E-state index in [0.29, 0.717) is 35.3 Å². The standard InChI is InChI=1S/C22H22F3N3O3/c23-22(24,25)31-17-4-1-3-14(9-17)12-28-18-6-5-16(26)10-15(18)11-19(28)20(29)27-13-21(30)7-2-8-21/h1,3-6,9-11,30H,2,7-8,12-13,26H2,(H,27,29). The summed E-state index contributed by atoms with van der Waals surface area (Å²) >= 11 is 0. The predicted molar refractivity (Wildman–Crippen MR) is 110 cm³/mol. The van der Waals surface area contributed by atoms with Crippen LogP contribution in [0.4, 0.5) is 18.9 Å². The minimum absolute atomic E-state index is 0.143. The molecule has 0 unspecified atom stereocenters. The molecule has 9 heteroatoms. The predicted octanol–water partition coefficient (Wildman–Crippen LogP) is 3.82. The topological polar surface area (TPSA) is 89.5 Å². The summed E-state index contributed by atoms with van der Waals surface area (Å²) < 4.78 is 43.4. The maximum absolute atomic E-state index is 12.9. The van der Waals surface area contributed by atoms with E-state index in [2.05, 4.69) is 10.1 Å². The van der Waals surface area contributed by atoms with E-state index in [0.717, 1.165) is 11.8 Å². The molecule has 1 saturated carbocycles. The second kappa shape index (κ2) is 7.81. The zero-order chi connectivity index (χ0) is 22.2. The van der Waals surface area contributed by atoms with Gasteiger partial charge in [-0.15, -0.1) is 13.2 Å². The molecule has 4 rings (SSSR count). The molecule has 3 aromatic rings. The van der Waals surface area contributed by atoms with Crippen LogP contribution in [-0.2, 0) is 6.54 Å². The van der Waals surface area contributed by atoms with Crippen LogP contribution in [0.2, 0.25) is 0 Å². The number of hydrogen-bond acceptors (Lipinski definition) is 4. The van der Waals surface area contributed by atoms with Crippen LogP contribution in [0.3, 0.4) is 0 Å². The van der Waals surface area contributed by atoms with Crippen LogP contribution in [-0.4, -0.2) is 34.1 Å². The maximum atomic E-state index is 12.9. The fourth-order valence-corrected chi connectivity index (χ4v) is 3.77. The summed E-state index contributed by atoms with van der Waals surface area (Å²) in [5.74, 6) is -0.707. The second-order valence-electron chi connectivity index (χ2n) is 7.89. The first-order valence-corrected chi connectivity index (χ1v) is 9.86. The molecule has 0 radical (unpaired) electrons. The summed E-state index contributed by atoms with van der Waals surface area (Å²) in [6.07, 6.45) is -2.59. The van der Waals surface area contributed by atoms with Gasteiger partial charge in [0.2, 0.25) is 0 Å². The zero-order valence-corrected chi connectivity index (χ0v) is 16.6. The molecule has 31 heavy (non-hydrogen) atoms. The molecule has 1 fully saturated rings. The van der Waals surface area contributed by atoms with Gasteiger partial charge >= 0.3 is 6.36 Å². The van der Waals surface area contributed by atoms with E-state index in [1.807, 2.05) is 0 Å². The smallest absolute Gasteiger partial charge is 0.406 e. The number of benzene rings is 2. The molecule has 0 aliphatic heterocycles. The quantitative estimate of drug-likeness (QED) is 0.516. The maximum Gasteiger partial charge on any atom is 0.573 e. The molecule has 1 heterocycles. The van der Waals surface area contributed by atoms with Crippen LogP contribution < -0.4 is 15.8 Å². The number of halogens is 3. The molecule has 164 valence electrons. The van der Waals surface area contributed by atoms with Crippen molar-refractivity contribution in [2.75, 3.05) is 12.3 Å². The lowest BCUT2D eigenvalue weighted by atomic mass is 9.80. The Morgan fingerprint density at radius 3 is 2.65 bits per heavy atom. The number of anilines is 1. The monoisotopic (exact) mass is 433 g/mol. The number of nitrogen functional groups attached to an aromatic ring is 1. The number of carbonyl (C=O) groups is 1. The number of aliphatic hydroxyl groups is 1. The minimum Gasteiger partial charge on any atom is -0.406 e. The number of fused-ring (bicyclic) bond motifs is 1. The van der Waals surface area contributed by atoms with Crippen molar-refractivity contribution in [3.63, 3.8) is 0 Å². The average molecular weight is 433 g/mol. The van der Waals surface area contributed by atoms with Crippen LogP contribution in [0.25, 0.3) is 10.9 Å². The second-order valence-corrected chi connectivity index (χ2v) is 7.89. The summed E-state index contributed by atoms with van der Waals surface area (Å²) in [4.78, 5) is 12.9. The first-order valence-electron chi connectivity index (χ1n) is 9.86. The summed E-state index contributed by atoms with van der Waals surface area (Å²) in [7, 11) is 0. The van der Waals surface area contributed by atoms with Crippen molar-refractivity contribution < 1.29 is 27.8 Å². The van der Waals surface area contributed by atoms with Crippen LogP contribution in [0.5, 0.6) is 5.75 Å². The van der Waals surface area contributed by atoms with Crippen molar-refractivity contribution in [1.29, 1.82) is 0 Å². The third kappa shape index (κ3) is 4.77. The van der Waals surface area contributed by atoms with Crippen molar-refractivity contribution in [1.82, 2.24) is 9.88 Å². The Balaban J connectivity index is 1.65. The Labute approximate surface area is 176 Å². The number of amides is 1. The Kier molecular flexibility index (Phi) is 5.30. The first kappa shape index (κ1) is 21.0. The summed E-state index contributed by atoms with van der Waals surface area (Å²) in [6.45, 7) is 0.292. The number of nitrogens with zero attached hydrogens (tertiary/aromatic N) is 1. The Morgan fingerprint density at radius 2 is 1.97 bits per heavy atom. The van der Waals surface area contributed by atoms with Gasteiger partial charge in [0.15, 0.2) is 0 Å². The van der Waals surface area contributed by atoms with Gasteiger partial charge < -0.3 is 25.5 Å². The fourth-order valence-electron chi connectivity index (χ4n) is 3.77. The minimum atomic E-state index is -4.79. The lowest BCUT2D eigenvalue weighted by molar-refractivity contribution is -0.274. The van der Waals surface area contributed by atoms with Gasteiger partial charge in [-0.05, 0) is 61.2 Å². The molecule has 1 aromatic heterocycles. The molecule has 1 aliphatic rings. The van der Waals surface area contributed by atoms with Gasteiger partial charge in [0.25, 0.3) is 5.91 Å². The lowest BCUT2D eigenvalue weighted by Gasteiger charge is -2.36. The molecule has 4 N–H and O–H groups in total. The molecule has 2 aromatic carbocycles. The van der Waals surface area contributed by atoms with Gasteiger partial charge in [-0.25, -0.2) is 0 Å². The molecule has 0 atom stereocenters. The van der Waals surface area contributed by atoms with Gasteiger partial charge in [0.1, 0.15) is 11.4 Å². The van der Waals surface area contributed by atoms with Crippen LogP contribution >= 0.6 is 0 Å². The summed E-state index contributed by atoms with van der Waals surface area (Å²) in [5, 5.41) is 13.8. The number of rotatable bonds is 6. The normalized spacial score (nSPS) is 15.5. The van der Waals surface area contributed by atoms with E-state index in [4.69, 9.17) is 5.73 Å². The first-order chi connectivity index (χ1) is 14.6. The zero-order valence-electron chi connectivity index (χ0n) is 16.6. The lowest BCUT2D eigenvalue weighted by Crippen LogP contribution is -2.48. The van der Waals surface area contributed by atoms with Crippen LogP contribution in [0, 0.1) is 0 Å². The highest BCUT2D eigenvalue weighted by molar-refractivity contribution is 5.99. The largest absolute Gasteiger partial charge is 0.573 e. The van der Waals surface area contributed by atoms with Gasteiger partial charge in [0, 0.05) is 29.7 Å². The van der Waals surface area contributed by atoms with E-state index in [-0.39, 0.29) is 24.7 Å². The van der Waals surface area contributed by atoms with E-state index in [1.165, 1.54) is 18.2 Å². The van der Waals surface area contributed by atoms with E-state index in [9.17, 15) is 23.1 Å². The molecule has 1 aliphatic carbocycles. The van der Waals surface area contributed by atoms with Crippen molar-refractivity contribution in [3.05, 3.63) is 59.8 Å². The van der Waals surface area contributed by atoms with Crippen LogP contribution in [0.15, 0.2) is 48.5 Å². The average Bonchev–Trinajstić information content (AvgIpc) is 3.01. The number of ether oxygens (including phenoxy) is 1. The SMILES string of the molecule is Nc1ccc2c(c1)cc(C(=O)NCC1(O)CCC1)n2Cc1cccc(OC(F)(F)F)c1. The van der Waals surface area contributed by atoms with Gasteiger partial charge in [-0.3, -0.25) is 4.79 Å². The van der Waals surface area contributed by atoms with Crippen molar-refractivity contribution >= 4 is 22.5 Å². The molecule has 6 nitrogen and oxygen atoms in total. The van der Waals surface area contributed by atoms with Crippen molar-refractivity contribution in [2.45, 2.75) is 37.8 Å². The van der Waals surface area contributed by atoms with Crippen molar-refractivity contribution in [2.24, 2.45) is 0 Å². The van der Waals surface area contributed by atoms with E-state index in [1.54, 1.807) is 34.9 Å². The third-order valence-electron chi connectivity index (χ3n) is 5.49. The molecule has 0 bridgehead atoms. The fraction of sp³-hybridized carbons (Fsp3) is 0.318. The Bertz CT molecular complexity index is 1120. The highest BCUT2D eigenvalue weighted by atomic mass is 19.4. The number of alkyl halides is 3. The molecule has 1 amide bonds. The number of carbonyl (C=O) groups excluding carboxylic acids is 1. The molecule has 0 saturated heterocycles. The molecular formula is C22H22F3N3O3. The van der Waals surface area contributed by atoms with E-state index >= 15 is 0 Å². The van der Waals surface area contributed by atoms with Gasteiger partial charge in [0.05, 0.1) is 5.60 Å². The van der Waals surface area contributed by atoms with Gasteiger partial charge in [-0.2, -0.15) is 0 Å². The van der Waals surface area contributed by atoms with E-state index < -0.39 is 12.0 Å². The Hall–Kier alpha value is -3.20. The highest BCUT2D eigenvalue weighted by Crippen LogP contribution is 2.31. The third-order valence-corrected chi connectivity index (χ3v) is 5.49. The number of nitrogens with two attached hydrogens (primary N) is 1. The Morgan fingerprint density at radius 1 is 1.19 bits per heavy atom. The number of nitrogens with one attached hydrogen (secondary N) is 1. The van der Waals surface area contributed by atoms with Crippen LogP contribution in [0.1, 0.15) is 35.3 Å². The summed E-state index contributed by atoms with van der Waals surface area (Å²) in [5.41, 5.74) is 7.09. The molecular weight excluding hydrogens is 411 g/mol. The van der Waals surface area contributed by atoms with Crippen molar-refractivity contribution in [3.8, 4) is 5.75 Å². The van der Waals surface area contributed by atoms with Gasteiger partial charge in [-0.1, -0.05) is 12.1 Å². The highest BCUT2D eigenvalue weighted by Gasteiger charge is 2.35. The number of aromatic nitrogens is 1. The summed E-state index contributed by atoms with van der Waals surface area (Å²) in [6, 6.07) is 12.5. The number of hydrogen-bond donors (Lipinski definition) is 3. The molecule has 0 spiro atoms.